The van der Waals surface area contributed by atoms with Crippen molar-refractivity contribution < 1.29 is 13.2 Å². The number of thiocarbonyl (C=S) groups is 1. The average molecular weight is 324 g/mol. The smallest absolute Gasteiger partial charge is 0.230 e. The summed E-state index contributed by atoms with van der Waals surface area (Å²) in [7, 11) is -2.95. The molecule has 5 nitrogen and oxygen atoms in total. The molecule has 0 aromatic rings. The number of hydrogen-bond acceptors (Lipinski definition) is 5. The van der Waals surface area contributed by atoms with E-state index in [-0.39, 0.29) is 29.2 Å². The zero-order chi connectivity index (χ0) is 14.5. The molecule has 1 aliphatic rings. The summed E-state index contributed by atoms with van der Waals surface area (Å²) in [4.78, 5) is 13.7. The molecule has 1 amide bonds. The number of nitrogens with one attached hydrogen (secondary N) is 1. The van der Waals surface area contributed by atoms with E-state index in [9.17, 15) is 13.2 Å². The number of nitrogens with zero attached hydrogens (tertiary/aromatic N) is 1. The van der Waals surface area contributed by atoms with Crippen molar-refractivity contribution in [1.29, 1.82) is 0 Å². The number of carbonyl (C=O) groups excluding carboxylic acids is 1. The molecule has 8 heteroatoms. The lowest BCUT2D eigenvalue weighted by Gasteiger charge is -2.20. The van der Waals surface area contributed by atoms with Crippen LogP contribution in [0.15, 0.2) is 0 Å². The van der Waals surface area contributed by atoms with Crippen LogP contribution < -0.4 is 5.32 Å². The number of carbonyl (C=O) groups is 1. The van der Waals surface area contributed by atoms with Crippen LogP contribution in [0.5, 0.6) is 0 Å². The first-order valence-corrected chi connectivity index (χ1v) is 9.51. The summed E-state index contributed by atoms with van der Waals surface area (Å²) in [5, 5.41) is 2.75. The third kappa shape index (κ3) is 5.66. The average Bonchev–Trinajstić information content (AvgIpc) is 2.67. The molecule has 1 saturated heterocycles. The highest BCUT2D eigenvalue weighted by Gasteiger charge is 2.28. The quantitative estimate of drug-likeness (QED) is 0.749. The Kier molecular flexibility index (Phi) is 6.55. The van der Waals surface area contributed by atoms with E-state index < -0.39 is 9.84 Å². The summed E-state index contributed by atoms with van der Waals surface area (Å²) in [5.74, 6) is 0.320. The van der Waals surface area contributed by atoms with Gasteiger partial charge in [0.05, 0.1) is 17.3 Å². The molecule has 0 aromatic carbocycles. The van der Waals surface area contributed by atoms with Gasteiger partial charge in [-0.05, 0) is 20.3 Å². The summed E-state index contributed by atoms with van der Waals surface area (Å²) in [5.41, 5.74) is 0. The van der Waals surface area contributed by atoms with Gasteiger partial charge in [0.25, 0.3) is 0 Å². The summed E-state index contributed by atoms with van der Waals surface area (Å²) < 4.78 is 23.3. The van der Waals surface area contributed by atoms with Crippen LogP contribution in [0.3, 0.4) is 0 Å². The third-order valence-corrected chi connectivity index (χ3v) is 6.24. The maximum atomic E-state index is 11.7. The fraction of sp³-hybridized carbons (Fsp3) is 0.818. The van der Waals surface area contributed by atoms with Gasteiger partial charge in [0.1, 0.15) is 4.32 Å². The van der Waals surface area contributed by atoms with E-state index in [1.807, 2.05) is 18.7 Å². The Hall–Kier alpha value is -0.340. The molecule has 1 aliphatic heterocycles. The standard InChI is InChI=1S/C11H20N2O3S3/c1-3-13(4-2)11(17)18-7-10(14)12-9-5-6-19(15,16)8-9/h9H,3-8H2,1-2H3,(H,12,14). The summed E-state index contributed by atoms with van der Waals surface area (Å²) in [6.45, 7) is 5.68. The number of hydrogen-bond donors (Lipinski definition) is 1. The molecule has 1 atom stereocenters. The summed E-state index contributed by atoms with van der Waals surface area (Å²) in [6.07, 6.45) is 0.513. The Labute approximate surface area is 124 Å². The van der Waals surface area contributed by atoms with Gasteiger partial charge in [-0.1, -0.05) is 24.0 Å². The molecular formula is C11H20N2O3S3. The van der Waals surface area contributed by atoms with Gasteiger partial charge in [-0.3, -0.25) is 4.79 Å². The molecule has 1 unspecified atom stereocenters. The van der Waals surface area contributed by atoms with E-state index in [2.05, 4.69) is 5.32 Å². The van der Waals surface area contributed by atoms with E-state index in [1.165, 1.54) is 11.8 Å². The van der Waals surface area contributed by atoms with Crippen LogP contribution in [0.2, 0.25) is 0 Å². The second-order valence-electron chi connectivity index (χ2n) is 4.39. The molecule has 0 saturated carbocycles. The van der Waals surface area contributed by atoms with Crippen molar-refractivity contribution in [3.8, 4) is 0 Å². The molecular weight excluding hydrogens is 304 g/mol. The minimum Gasteiger partial charge on any atom is -0.358 e. The topological polar surface area (TPSA) is 66.5 Å². The molecule has 1 N–H and O–H groups in total. The molecule has 1 fully saturated rings. The lowest BCUT2D eigenvalue weighted by molar-refractivity contribution is -0.119. The fourth-order valence-corrected chi connectivity index (χ4v) is 4.77. The van der Waals surface area contributed by atoms with Gasteiger partial charge in [-0.15, -0.1) is 0 Å². The monoisotopic (exact) mass is 324 g/mol. The second kappa shape index (κ2) is 7.44. The Bertz CT molecular complexity index is 432. The molecule has 0 radical (unpaired) electrons. The normalized spacial score (nSPS) is 21.1. The fourth-order valence-electron chi connectivity index (χ4n) is 1.88. The molecule has 110 valence electrons. The maximum Gasteiger partial charge on any atom is 0.230 e. The van der Waals surface area contributed by atoms with E-state index in [0.717, 1.165) is 13.1 Å². The number of thioether (sulfide) groups is 1. The maximum absolute atomic E-state index is 11.7. The second-order valence-corrected chi connectivity index (χ2v) is 8.23. The first kappa shape index (κ1) is 16.7. The van der Waals surface area contributed by atoms with Crippen molar-refractivity contribution in [2.45, 2.75) is 26.3 Å². The van der Waals surface area contributed by atoms with Crippen molar-refractivity contribution in [2.24, 2.45) is 0 Å². The van der Waals surface area contributed by atoms with Crippen LogP contribution in [-0.2, 0) is 14.6 Å². The largest absolute Gasteiger partial charge is 0.358 e. The highest BCUT2D eigenvalue weighted by atomic mass is 32.2. The van der Waals surface area contributed by atoms with Crippen LogP contribution in [-0.4, -0.2) is 59.9 Å². The lowest BCUT2D eigenvalue weighted by atomic mass is 10.3. The molecule has 1 rings (SSSR count). The Morgan fingerprint density at radius 2 is 2.05 bits per heavy atom. The Morgan fingerprint density at radius 1 is 1.42 bits per heavy atom. The molecule has 1 heterocycles. The zero-order valence-corrected chi connectivity index (χ0v) is 13.7. The lowest BCUT2D eigenvalue weighted by Crippen LogP contribution is -2.37. The van der Waals surface area contributed by atoms with Gasteiger partial charge < -0.3 is 10.2 Å². The Balaban J connectivity index is 2.31. The highest BCUT2D eigenvalue weighted by molar-refractivity contribution is 8.23. The molecule has 0 spiro atoms. The number of sulfone groups is 1. The van der Waals surface area contributed by atoms with Crippen molar-refractivity contribution in [3.05, 3.63) is 0 Å². The van der Waals surface area contributed by atoms with Crippen molar-refractivity contribution in [2.75, 3.05) is 30.3 Å². The highest BCUT2D eigenvalue weighted by Crippen LogP contribution is 2.13. The van der Waals surface area contributed by atoms with Crippen LogP contribution >= 0.6 is 24.0 Å². The van der Waals surface area contributed by atoms with Crippen molar-refractivity contribution >= 4 is 44.0 Å². The van der Waals surface area contributed by atoms with Gasteiger partial charge in [-0.25, -0.2) is 8.42 Å². The van der Waals surface area contributed by atoms with Gasteiger partial charge in [0.15, 0.2) is 9.84 Å². The molecule has 0 aliphatic carbocycles. The minimum absolute atomic E-state index is 0.0594. The van der Waals surface area contributed by atoms with Gasteiger partial charge in [-0.2, -0.15) is 0 Å². The third-order valence-electron chi connectivity index (χ3n) is 2.95. The van der Waals surface area contributed by atoms with E-state index in [4.69, 9.17) is 12.2 Å². The van der Waals surface area contributed by atoms with E-state index in [0.29, 0.717) is 10.7 Å². The van der Waals surface area contributed by atoms with Crippen LogP contribution in [0.1, 0.15) is 20.3 Å². The van der Waals surface area contributed by atoms with Crippen LogP contribution in [0.4, 0.5) is 0 Å². The van der Waals surface area contributed by atoms with Gasteiger partial charge >= 0.3 is 0 Å². The van der Waals surface area contributed by atoms with Crippen molar-refractivity contribution in [3.63, 3.8) is 0 Å². The van der Waals surface area contributed by atoms with E-state index >= 15 is 0 Å². The zero-order valence-electron chi connectivity index (χ0n) is 11.2. The predicted molar refractivity (Wildman–Crippen MR) is 83.2 cm³/mol. The van der Waals surface area contributed by atoms with Gasteiger partial charge in [0.2, 0.25) is 5.91 Å². The number of rotatable bonds is 5. The number of amides is 1. The predicted octanol–water partition coefficient (Wildman–Crippen LogP) is 0.650. The molecule has 0 bridgehead atoms. The van der Waals surface area contributed by atoms with Gasteiger partial charge in [0, 0.05) is 19.1 Å². The summed E-state index contributed by atoms with van der Waals surface area (Å²) >= 11 is 6.55. The molecule has 19 heavy (non-hydrogen) atoms. The first-order chi connectivity index (χ1) is 8.88. The molecule has 0 aromatic heterocycles. The van der Waals surface area contributed by atoms with Crippen LogP contribution in [0, 0.1) is 0 Å². The van der Waals surface area contributed by atoms with E-state index in [1.54, 1.807) is 0 Å². The minimum atomic E-state index is -2.95. The SMILES string of the molecule is CCN(CC)C(=S)SCC(=O)NC1CCS(=O)(=O)C1. The first-order valence-electron chi connectivity index (χ1n) is 6.29. The van der Waals surface area contributed by atoms with Crippen molar-refractivity contribution in [1.82, 2.24) is 10.2 Å². The summed E-state index contributed by atoms with van der Waals surface area (Å²) in [6, 6.07) is -0.236. The Morgan fingerprint density at radius 3 is 2.53 bits per heavy atom. The van der Waals surface area contributed by atoms with Crippen LogP contribution in [0.25, 0.3) is 0 Å².